The number of nitrogens with two attached hydrogens (primary N) is 1. The van der Waals surface area contributed by atoms with E-state index in [1.165, 1.54) is 0 Å². The van der Waals surface area contributed by atoms with E-state index in [-0.39, 0.29) is 6.04 Å². The van der Waals surface area contributed by atoms with Gasteiger partial charge in [-0.3, -0.25) is 0 Å². The van der Waals surface area contributed by atoms with Crippen molar-refractivity contribution in [1.29, 1.82) is 0 Å². The van der Waals surface area contributed by atoms with Gasteiger partial charge in [0.25, 0.3) is 0 Å². The van der Waals surface area contributed by atoms with Crippen LogP contribution in [0.3, 0.4) is 0 Å². The summed E-state index contributed by atoms with van der Waals surface area (Å²) in [6, 6.07) is 0.288. The smallest absolute Gasteiger partial charge is 0.0700 e. The highest BCUT2D eigenvalue weighted by atomic mass is 16.5. The summed E-state index contributed by atoms with van der Waals surface area (Å²) in [5.74, 6) is 0.605. The molecule has 0 heterocycles. The molecule has 0 aliphatic carbocycles. The van der Waals surface area contributed by atoms with Crippen LogP contribution >= 0.6 is 0 Å². The summed E-state index contributed by atoms with van der Waals surface area (Å²) in [6.45, 7) is 9.33. The Kier molecular flexibility index (Phi) is 9.35. The predicted molar refractivity (Wildman–Crippen MR) is 59.4 cm³/mol. The molecule has 0 fully saturated rings. The number of rotatable bonds is 9. The minimum absolute atomic E-state index is 0.288. The molecule has 1 atom stereocenters. The van der Waals surface area contributed by atoms with Gasteiger partial charge in [-0.15, -0.1) is 0 Å². The van der Waals surface area contributed by atoms with E-state index in [0.717, 1.165) is 26.1 Å². The monoisotopic (exact) mass is 203 g/mol. The number of ether oxygens (including phenoxy) is 2. The van der Waals surface area contributed by atoms with Crippen LogP contribution in [0, 0.1) is 5.92 Å². The molecule has 0 radical (unpaired) electrons. The van der Waals surface area contributed by atoms with Crippen molar-refractivity contribution >= 4 is 0 Å². The molecular weight excluding hydrogens is 178 g/mol. The van der Waals surface area contributed by atoms with Crippen molar-refractivity contribution in [3.63, 3.8) is 0 Å². The van der Waals surface area contributed by atoms with Crippen molar-refractivity contribution in [1.82, 2.24) is 0 Å². The molecule has 86 valence electrons. The van der Waals surface area contributed by atoms with Crippen LogP contribution in [0.2, 0.25) is 0 Å². The quantitative estimate of drug-likeness (QED) is 0.581. The summed E-state index contributed by atoms with van der Waals surface area (Å²) >= 11 is 0. The molecule has 0 bridgehead atoms. The molecule has 3 heteroatoms. The molecule has 0 saturated heterocycles. The Bertz CT molecular complexity index is 102. The van der Waals surface area contributed by atoms with E-state index < -0.39 is 0 Å². The SMILES string of the molecule is CC(C)COCCOCCCC(C)N. The molecule has 0 rings (SSSR count). The zero-order chi connectivity index (χ0) is 10.8. The second-order valence-electron chi connectivity index (χ2n) is 4.20. The van der Waals surface area contributed by atoms with E-state index in [4.69, 9.17) is 15.2 Å². The van der Waals surface area contributed by atoms with E-state index in [9.17, 15) is 0 Å². The van der Waals surface area contributed by atoms with Gasteiger partial charge >= 0.3 is 0 Å². The van der Waals surface area contributed by atoms with Gasteiger partial charge in [0.1, 0.15) is 0 Å². The fourth-order valence-corrected chi connectivity index (χ4v) is 1.05. The third kappa shape index (κ3) is 11.9. The Labute approximate surface area is 88.0 Å². The summed E-state index contributed by atoms with van der Waals surface area (Å²) < 4.78 is 10.8. The molecule has 0 aromatic rings. The van der Waals surface area contributed by atoms with Gasteiger partial charge in [-0.25, -0.2) is 0 Å². The Morgan fingerprint density at radius 3 is 2.21 bits per heavy atom. The molecule has 0 aromatic heterocycles. The van der Waals surface area contributed by atoms with Crippen molar-refractivity contribution in [2.45, 2.75) is 39.7 Å². The van der Waals surface area contributed by atoms with Crippen LogP contribution in [-0.4, -0.2) is 32.5 Å². The van der Waals surface area contributed by atoms with Crippen molar-refractivity contribution < 1.29 is 9.47 Å². The fourth-order valence-electron chi connectivity index (χ4n) is 1.05. The normalized spacial score (nSPS) is 13.5. The Morgan fingerprint density at radius 1 is 1.00 bits per heavy atom. The first-order valence-electron chi connectivity index (χ1n) is 5.54. The summed E-state index contributed by atoms with van der Waals surface area (Å²) in [7, 11) is 0. The Morgan fingerprint density at radius 2 is 1.64 bits per heavy atom. The van der Waals surface area contributed by atoms with Crippen LogP contribution in [0.1, 0.15) is 33.6 Å². The van der Waals surface area contributed by atoms with Crippen molar-refractivity contribution in [2.75, 3.05) is 26.4 Å². The molecule has 2 N–H and O–H groups in total. The summed E-state index contributed by atoms with van der Waals surface area (Å²) in [5.41, 5.74) is 5.61. The molecule has 14 heavy (non-hydrogen) atoms. The van der Waals surface area contributed by atoms with Crippen molar-refractivity contribution in [3.8, 4) is 0 Å². The van der Waals surface area contributed by atoms with Gasteiger partial charge in [0.2, 0.25) is 0 Å². The molecule has 0 aliphatic rings. The average molecular weight is 203 g/mol. The van der Waals surface area contributed by atoms with E-state index in [2.05, 4.69) is 13.8 Å². The lowest BCUT2D eigenvalue weighted by atomic mass is 10.2. The average Bonchev–Trinajstić information content (AvgIpc) is 2.08. The lowest BCUT2D eigenvalue weighted by molar-refractivity contribution is 0.0364. The third-order valence-electron chi connectivity index (χ3n) is 1.77. The van der Waals surface area contributed by atoms with Gasteiger partial charge in [0.05, 0.1) is 13.2 Å². The van der Waals surface area contributed by atoms with Crippen LogP contribution in [0.25, 0.3) is 0 Å². The first-order valence-corrected chi connectivity index (χ1v) is 5.54. The van der Waals surface area contributed by atoms with Crippen LogP contribution in [-0.2, 0) is 9.47 Å². The molecular formula is C11H25NO2. The number of hydrogen-bond donors (Lipinski definition) is 1. The van der Waals surface area contributed by atoms with E-state index in [1.807, 2.05) is 6.92 Å². The lowest BCUT2D eigenvalue weighted by Gasteiger charge is -2.08. The molecule has 0 saturated carbocycles. The van der Waals surface area contributed by atoms with Gasteiger partial charge in [0.15, 0.2) is 0 Å². The van der Waals surface area contributed by atoms with Crippen LogP contribution in [0.15, 0.2) is 0 Å². The molecule has 1 unspecified atom stereocenters. The fraction of sp³-hybridized carbons (Fsp3) is 1.00. The van der Waals surface area contributed by atoms with E-state index in [0.29, 0.717) is 19.1 Å². The first-order chi connectivity index (χ1) is 6.63. The topological polar surface area (TPSA) is 44.5 Å². The predicted octanol–water partition coefficient (Wildman–Crippen LogP) is 1.80. The van der Waals surface area contributed by atoms with Crippen molar-refractivity contribution in [2.24, 2.45) is 11.7 Å². The van der Waals surface area contributed by atoms with Gasteiger partial charge in [-0.2, -0.15) is 0 Å². The number of hydrogen-bond acceptors (Lipinski definition) is 3. The van der Waals surface area contributed by atoms with Gasteiger partial charge in [0, 0.05) is 19.3 Å². The molecule has 0 aliphatic heterocycles. The van der Waals surface area contributed by atoms with Gasteiger partial charge < -0.3 is 15.2 Å². The first kappa shape index (κ1) is 13.9. The van der Waals surface area contributed by atoms with Gasteiger partial charge in [-0.05, 0) is 25.7 Å². The van der Waals surface area contributed by atoms with Crippen LogP contribution < -0.4 is 5.73 Å². The molecule has 0 amide bonds. The Balaban J connectivity index is 2.92. The largest absolute Gasteiger partial charge is 0.379 e. The minimum atomic E-state index is 0.288. The summed E-state index contributed by atoms with van der Waals surface area (Å²) in [6.07, 6.45) is 2.08. The molecule has 0 spiro atoms. The summed E-state index contributed by atoms with van der Waals surface area (Å²) in [4.78, 5) is 0. The maximum atomic E-state index is 5.61. The second kappa shape index (κ2) is 9.44. The Hall–Kier alpha value is -0.120. The third-order valence-corrected chi connectivity index (χ3v) is 1.77. The van der Waals surface area contributed by atoms with Gasteiger partial charge in [-0.1, -0.05) is 13.8 Å². The maximum absolute atomic E-state index is 5.61. The van der Waals surface area contributed by atoms with E-state index in [1.54, 1.807) is 0 Å². The van der Waals surface area contributed by atoms with Crippen molar-refractivity contribution in [3.05, 3.63) is 0 Å². The zero-order valence-corrected chi connectivity index (χ0v) is 9.79. The van der Waals surface area contributed by atoms with Crippen LogP contribution in [0.5, 0.6) is 0 Å². The lowest BCUT2D eigenvalue weighted by Crippen LogP contribution is -2.15. The minimum Gasteiger partial charge on any atom is -0.379 e. The molecule has 3 nitrogen and oxygen atoms in total. The highest BCUT2D eigenvalue weighted by Gasteiger charge is 1.95. The molecule has 0 aromatic carbocycles. The van der Waals surface area contributed by atoms with Crippen LogP contribution in [0.4, 0.5) is 0 Å². The summed E-state index contributed by atoms with van der Waals surface area (Å²) in [5, 5.41) is 0. The van der Waals surface area contributed by atoms with E-state index >= 15 is 0 Å². The highest BCUT2D eigenvalue weighted by Crippen LogP contribution is 1.95. The second-order valence-corrected chi connectivity index (χ2v) is 4.20. The highest BCUT2D eigenvalue weighted by molar-refractivity contribution is 4.51. The zero-order valence-electron chi connectivity index (χ0n) is 9.79. The standard InChI is InChI=1S/C11H25NO2/c1-10(2)9-14-8-7-13-6-4-5-11(3)12/h10-11H,4-9,12H2,1-3H3. The maximum Gasteiger partial charge on any atom is 0.0700 e.